The molecule has 7 nitrogen and oxygen atoms in total. The predicted octanol–water partition coefficient (Wildman–Crippen LogP) is 5.00. The molecule has 150 valence electrons. The van der Waals surface area contributed by atoms with Crippen molar-refractivity contribution in [2.45, 2.75) is 26.7 Å². The van der Waals surface area contributed by atoms with Gasteiger partial charge in [0.2, 0.25) is 0 Å². The Morgan fingerprint density at radius 1 is 1.21 bits per heavy atom. The van der Waals surface area contributed by atoms with Crippen molar-refractivity contribution >= 4 is 28.1 Å². The van der Waals surface area contributed by atoms with Crippen LogP contribution in [-0.2, 0) is 11.2 Å². The Labute approximate surface area is 172 Å². The Bertz CT molecular complexity index is 1020. The quantitative estimate of drug-likeness (QED) is 0.416. The number of carbonyl (C=O) groups excluding carboxylic acids is 1. The zero-order valence-electron chi connectivity index (χ0n) is 16.2. The Morgan fingerprint density at radius 3 is 2.62 bits per heavy atom. The molecular weight excluding hydrogens is 390 g/mol. The molecule has 0 radical (unpaired) electrons. The van der Waals surface area contributed by atoms with E-state index in [0.29, 0.717) is 5.13 Å². The summed E-state index contributed by atoms with van der Waals surface area (Å²) in [5.41, 5.74) is 2.92. The zero-order chi connectivity index (χ0) is 20.8. The summed E-state index contributed by atoms with van der Waals surface area (Å²) in [6, 6.07) is 14.2. The first kappa shape index (κ1) is 20.5. The van der Waals surface area contributed by atoms with Gasteiger partial charge in [0.1, 0.15) is 0 Å². The van der Waals surface area contributed by atoms with Crippen LogP contribution in [0.4, 0.5) is 10.8 Å². The lowest BCUT2D eigenvalue weighted by molar-refractivity contribution is -0.385. The monoisotopic (exact) mass is 411 g/mol. The maximum Gasteiger partial charge on any atom is 0.310 e. The van der Waals surface area contributed by atoms with Gasteiger partial charge in [0.25, 0.3) is 5.91 Å². The maximum absolute atomic E-state index is 12.2. The van der Waals surface area contributed by atoms with E-state index in [1.165, 1.54) is 29.0 Å². The average Bonchev–Trinajstić information content (AvgIpc) is 3.07. The molecule has 1 aromatic heterocycles. The van der Waals surface area contributed by atoms with Gasteiger partial charge in [0.15, 0.2) is 17.5 Å². The Morgan fingerprint density at radius 2 is 1.93 bits per heavy atom. The minimum Gasteiger partial charge on any atom is -0.477 e. The number of hydrogen-bond acceptors (Lipinski definition) is 6. The molecule has 0 spiro atoms. The number of aromatic nitrogens is 1. The van der Waals surface area contributed by atoms with Gasteiger partial charge >= 0.3 is 5.69 Å². The van der Waals surface area contributed by atoms with E-state index in [1.54, 1.807) is 12.1 Å². The summed E-state index contributed by atoms with van der Waals surface area (Å²) in [5.74, 6) is -0.377. The minimum atomic E-state index is -0.546. The van der Waals surface area contributed by atoms with E-state index in [-0.39, 0.29) is 18.0 Å². The van der Waals surface area contributed by atoms with Crippen LogP contribution < -0.4 is 10.1 Å². The molecule has 0 unspecified atom stereocenters. The van der Waals surface area contributed by atoms with Crippen LogP contribution in [0.1, 0.15) is 23.8 Å². The smallest absolute Gasteiger partial charge is 0.310 e. The van der Waals surface area contributed by atoms with Gasteiger partial charge in [-0.1, -0.05) is 49.7 Å². The van der Waals surface area contributed by atoms with Gasteiger partial charge in [-0.15, -0.1) is 11.3 Å². The normalized spacial score (nSPS) is 10.6. The standard InChI is InChI=1S/C21H21N3O4S/c1-3-6-15-9-11-16(12-10-15)20-14(2)29-21(23-20)22-19(25)13-28-18-8-5-4-7-17(18)24(26)27/h4-5,7-12H,3,6,13H2,1-2H3,(H,22,23,25). The number of nitro benzene ring substituents is 1. The van der Waals surface area contributed by atoms with Crippen molar-refractivity contribution in [1.82, 2.24) is 4.98 Å². The molecular formula is C21H21N3O4S. The van der Waals surface area contributed by atoms with Crippen LogP contribution in [-0.4, -0.2) is 22.4 Å². The predicted molar refractivity (Wildman–Crippen MR) is 114 cm³/mol. The Hall–Kier alpha value is -3.26. The van der Waals surface area contributed by atoms with Crippen molar-refractivity contribution in [3.05, 3.63) is 69.1 Å². The second kappa shape index (κ2) is 9.29. The molecule has 3 aromatic rings. The highest BCUT2D eigenvalue weighted by Gasteiger charge is 2.16. The molecule has 1 heterocycles. The third-order valence-electron chi connectivity index (χ3n) is 4.23. The molecule has 29 heavy (non-hydrogen) atoms. The number of para-hydroxylation sites is 2. The number of amides is 1. The molecule has 0 aliphatic rings. The summed E-state index contributed by atoms with van der Waals surface area (Å²) in [5, 5.41) is 14.2. The lowest BCUT2D eigenvalue weighted by Gasteiger charge is -2.06. The fraction of sp³-hybridized carbons (Fsp3) is 0.238. The molecule has 0 saturated heterocycles. The number of hydrogen-bond donors (Lipinski definition) is 1. The molecule has 0 bridgehead atoms. The van der Waals surface area contributed by atoms with Crippen LogP contribution in [0.2, 0.25) is 0 Å². The lowest BCUT2D eigenvalue weighted by Crippen LogP contribution is -2.20. The molecule has 8 heteroatoms. The molecule has 0 aliphatic carbocycles. The number of ether oxygens (including phenoxy) is 1. The lowest BCUT2D eigenvalue weighted by atomic mass is 10.1. The van der Waals surface area contributed by atoms with E-state index in [2.05, 4.69) is 29.4 Å². The largest absolute Gasteiger partial charge is 0.477 e. The van der Waals surface area contributed by atoms with Gasteiger partial charge in [-0.2, -0.15) is 0 Å². The fourth-order valence-corrected chi connectivity index (χ4v) is 3.72. The summed E-state index contributed by atoms with van der Waals surface area (Å²) < 4.78 is 5.31. The molecule has 1 amide bonds. The number of nitrogens with one attached hydrogen (secondary N) is 1. The first-order chi connectivity index (χ1) is 14.0. The van der Waals surface area contributed by atoms with Gasteiger partial charge in [0, 0.05) is 16.5 Å². The van der Waals surface area contributed by atoms with E-state index in [1.807, 2.05) is 19.1 Å². The van der Waals surface area contributed by atoms with Crippen LogP contribution in [0.15, 0.2) is 48.5 Å². The van der Waals surface area contributed by atoms with Crippen molar-refractivity contribution in [3.8, 4) is 17.0 Å². The molecule has 3 rings (SSSR count). The topological polar surface area (TPSA) is 94.4 Å². The number of nitro groups is 1. The molecule has 0 atom stereocenters. The third kappa shape index (κ3) is 5.17. The number of aryl methyl sites for hydroxylation is 2. The first-order valence-corrected chi connectivity index (χ1v) is 10.0. The summed E-state index contributed by atoms with van der Waals surface area (Å²) in [6.45, 7) is 3.75. The first-order valence-electron chi connectivity index (χ1n) is 9.20. The molecule has 2 aromatic carbocycles. The van der Waals surface area contributed by atoms with Crippen molar-refractivity contribution in [2.24, 2.45) is 0 Å². The van der Waals surface area contributed by atoms with Crippen molar-refractivity contribution in [3.63, 3.8) is 0 Å². The van der Waals surface area contributed by atoms with E-state index in [9.17, 15) is 14.9 Å². The number of thiazole rings is 1. The number of benzene rings is 2. The number of carbonyl (C=O) groups is 1. The summed E-state index contributed by atoms with van der Waals surface area (Å²) in [7, 11) is 0. The Balaban J connectivity index is 1.64. The van der Waals surface area contributed by atoms with Crippen LogP contribution in [0.25, 0.3) is 11.3 Å². The molecule has 0 saturated carbocycles. The van der Waals surface area contributed by atoms with E-state index in [0.717, 1.165) is 29.0 Å². The summed E-state index contributed by atoms with van der Waals surface area (Å²) in [4.78, 5) is 28.2. The van der Waals surface area contributed by atoms with Crippen LogP contribution in [0.5, 0.6) is 5.75 Å². The van der Waals surface area contributed by atoms with Gasteiger partial charge in [-0.25, -0.2) is 4.98 Å². The summed E-state index contributed by atoms with van der Waals surface area (Å²) in [6.07, 6.45) is 2.14. The number of anilines is 1. The maximum atomic E-state index is 12.2. The van der Waals surface area contributed by atoms with Crippen LogP contribution >= 0.6 is 11.3 Å². The third-order valence-corrected chi connectivity index (χ3v) is 5.12. The van der Waals surface area contributed by atoms with Gasteiger partial charge < -0.3 is 4.74 Å². The van der Waals surface area contributed by atoms with E-state index >= 15 is 0 Å². The highest BCUT2D eigenvalue weighted by atomic mass is 32.1. The zero-order valence-corrected chi connectivity index (χ0v) is 17.0. The Kier molecular flexibility index (Phi) is 6.56. The van der Waals surface area contributed by atoms with Crippen molar-refractivity contribution < 1.29 is 14.5 Å². The highest BCUT2D eigenvalue weighted by Crippen LogP contribution is 2.31. The van der Waals surface area contributed by atoms with E-state index < -0.39 is 10.8 Å². The van der Waals surface area contributed by atoms with Crippen LogP contribution in [0, 0.1) is 17.0 Å². The fourth-order valence-electron chi connectivity index (χ4n) is 2.86. The molecule has 1 N–H and O–H groups in total. The second-order valence-electron chi connectivity index (χ2n) is 6.43. The van der Waals surface area contributed by atoms with Gasteiger partial charge in [0.05, 0.1) is 10.6 Å². The molecule has 0 aliphatic heterocycles. The SMILES string of the molecule is CCCc1ccc(-c2nc(NC(=O)COc3ccccc3[N+](=O)[O-])sc2C)cc1. The van der Waals surface area contributed by atoms with Crippen molar-refractivity contribution in [2.75, 3.05) is 11.9 Å². The van der Waals surface area contributed by atoms with E-state index in [4.69, 9.17) is 4.74 Å². The molecule has 0 fully saturated rings. The minimum absolute atomic E-state index is 0.0517. The average molecular weight is 411 g/mol. The van der Waals surface area contributed by atoms with Crippen molar-refractivity contribution in [1.29, 1.82) is 0 Å². The van der Waals surface area contributed by atoms with Crippen LogP contribution in [0.3, 0.4) is 0 Å². The second-order valence-corrected chi connectivity index (χ2v) is 7.64. The van der Waals surface area contributed by atoms with Gasteiger partial charge in [-0.3, -0.25) is 20.2 Å². The number of rotatable bonds is 8. The van der Waals surface area contributed by atoms with Gasteiger partial charge in [-0.05, 0) is 25.0 Å². The highest BCUT2D eigenvalue weighted by molar-refractivity contribution is 7.16. The number of nitrogens with zero attached hydrogens (tertiary/aromatic N) is 2. The summed E-state index contributed by atoms with van der Waals surface area (Å²) >= 11 is 1.37.